The quantitative estimate of drug-likeness (QED) is 0.892. The second kappa shape index (κ2) is 6.02. The summed E-state index contributed by atoms with van der Waals surface area (Å²) < 4.78 is 32.7. The molecular formula is C16H16N2O4S. The van der Waals surface area contributed by atoms with Crippen molar-refractivity contribution in [1.82, 2.24) is 4.72 Å². The van der Waals surface area contributed by atoms with Crippen molar-refractivity contribution in [3.8, 4) is 5.75 Å². The first-order chi connectivity index (χ1) is 11.0. The van der Waals surface area contributed by atoms with Gasteiger partial charge in [0.15, 0.2) is 6.10 Å². The van der Waals surface area contributed by atoms with E-state index in [9.17, 15) is 13.2 Å². The Balaban J connectivity index is 1.74. The van der Waals surface area contributed by atoms with Crippen molar-refractivity contribution in [2.75, 3.05) is 11.9 Å². The molecule has 2 aromatic carbocycles. The highest BCUT2D eigenvalue weighted by atomic mass is 32.2. The molecule has 0 bridgehead atoms. The number of carbonyl (C=O) groups excluding carboxylic acids is 1. The van der Waals surface area contributed by atoms with Gasteiger partial charge in [0.1, 0.15) is 5.75 Å². The molecule has 23 heavy (non-hydrogen) atoms. The van der Waals surface area contributed by atoms with Crippen LogP contribution in [0.15, 0.2) is 53.4 Å². The molecule has 2 aromatic rings. The largest absolute Gasteiger partial charge is 0.477 e. The fraction of sp³-hybridized carbons (Fsp3) is 0.188. The third-order valence-corrected chi connectivity index (χ3v) is 5.13. The molecule has 1 aliphatic rings. The number of rotatable bonds is 4. The van der Waals surface area contributed by atoms with Gasteiger partial charge in [-0.15, -0.1) is 0 Å². The summed E-state index contributed by atoms with van der Waals surface area (Å²) in [5.74, 6) is 0.142. The lowest BCUT2D eigenvalue weighted by molar-refractivity contribution is -0.123. The van der Waals surface area contributed by atoms with Crippen LogP contribution in [-0.2, 0) is 14.8 Å². The van der Waals surface area contributed by atoms with Crippen LogP contribution >= 0.6 is 0 Å². The Bertz CT molecular complexity index is 849. The molecule has 1 aliphatic heterocycles. The van der Waals surface area contributed by atoms with E-state index in [1.807, 2.05) is 0 Å². The number of hydrogen-bond donors (Lipinski definition) is 2. The van der Waals surface area contributed by atoms with Gasteiger partial charge < -0.3 is 10.1 Å². The number of ether oxygens (including phenoxy) is 1. The lowest BCUT2D eigenvalue weighted by Gasteiger charge is -2.25. The van der Waals surface area contributed by atoms with Crippen LogP contribution in [-0.4, -0.2) is 27.0 Å². The maximum atomic E-state index is 12.3. The zero-order valence-corrected chi connectivity index (χ0v) is 13.3. The van der Waals surface area contributed by atoms with Crippen LogP contribution in [0.1, 0.15) is 5.56 Å². The molecule has 3 rings (SSSR count). The second-order valence-electron chi connectivity index (χ2n) is 5.21. The molecule has 0 saturated carbocycles. The molecule has 0 radical (unpaired) electrons. The lowest BCUT2D eigenvalue weighted by atomic mass is 10.2. The van der Waals surface area contributed by atoms with E-state index in [2.05, 4.69) is 10.0 Å². The van der Waals surface area contributed by atoms with Crippen LogP contribution in [0.5, 0.6) is 5.75 Å². The summed E-state index contributed by atoms with van der Waals surface area (Å²) >= 11 is 0. The van der Waals surface area contributed by atoms with E-state index in [0.717, 1.165) is 0 Å². The van der Waals surface area contributed by atoms with Gasteiger partial charge in [-0.2, -0.15) is 0 Å². The van der Waals surface area contributed by atoms with Crippen molar-refractivity contribution in [1.29, 1.82) is 0 Å². The van der Waals surface area contributed by atoms with E-state index in [1.165, 1.54) is 6.07 Å². The third kappa shape index (κ3) is 3.20. The smallest absolute Gasteiger partial charge is 0.266 e. The number of nitrogens with one attached hydrogen (secondary N) is 2. The van der Waals surface area contributed by atoms with Crippen LogP contribution in [0.3, 0.4) is 0 Å². The maximum Gasteiger partial charge on any atom is 0.266 e. The van der Waals surface area contributed by atoms with Crippen LogP contribution in [0, 0.1) is 6.92 Å². The molecular weight excluding hydrogens is 316 g/mol. The molecule has 1 unspecified atom stereocenters. The maximum absolute atomic E-state index is 12.3. The van der Waals surface area contributed by atoms with Crippen LogP contribution in [0.2, 0.25) is 0 Å². The lowest BCUT2D eigenvalue weighted by Crippen LogP contribution is -2.45. The van der Waals surface area contributed by atoms with Crippen molar-refractivity contribution in [2.24, 2.45) is 0 Å². The minimum Gasteiger partial charge on any atom is -0.477 e. The second-order valence-corrected chi connectivity index (χ2v) is 6.94. The fourth-order valence-corrected chi connectivity index (χ4v) is 3.62. The zero-order valence-electron chi connectivity index (χ0n) is 12.4. The predicted molar refractivity (Wildman–Crippen MR) is 85.9 cm³/mol. The fourth-order valence-electron chi connectivity index (χ4n) is 2.35. The number of anilines is 1. The van der Waals surface area contributed by atoms with E-state index in [-0.39, 0.29) is 17.3 Å². The number of para-hydroxylation sites is 2. The van der Waals surface area contributed by atoms with Gasteiger partial charge in [-0.3, -0.25) is 4.79 Å². The number of fused-ring (bicyclic) bond motifs is 1. The molecule has 1 amide bonds. The first-order valence-electron chi connectivity index (χ1n) is 7.09. The molecule has 0 saturated heterocycles. The molecule has 1 atom stereocenters. The number of sulfonamides is 1. The molecule has 0 fully saturated rings. The Morgan fingerprint density at radius 2 is 1.83 bits per heavy atom. The van der Waals surface area contributed by atoms with Gasteiger partial charge in [0.2, 0.25) is 10.0 Å². The average molecular weight is 332 g/mol. The van der Waals surface area contributed by atoms with Gasteiger partial charge in [-0.25, -0.2) is 13.1 Å². The minimum absolute atomic E-state index is 0.142. The highest BCUT2D eigenvalue weighted by Crippen LogP contribution is 2.28. The molecule has 6 nitrogen and oxygen atoms in total. The highest BCUT2D eigenvalue weighted by Gasteiger charge is 2.29. The Hall–Kier alpha value is -2.38. The molecule has 2 N–H and O–H groups in total. The standard InChI is InChI=1S/C16H16N2O4S/c1-11-6-2-5-9-15(11)23(20,21)17-10-14-16(19)18-12-7-3-4-8-13(12)22-14/h2-9,14,17H,10H2,1H3,(H,18,19). The topological polar surface area (TPSA) is 84.5 Å². The average Bonchev–Trinajstić information content (AvgIpc) is 2.53. The Labute approximate surface area is 134 Å². The molecule has 7 heteroatoms. The minimum atomic E-state index is -3.70. The van der Waals surface area contributed by atoms with Crippen LogP contribution in [0.4, 0.5) is 5.69 Å². The van der Waals surface area contributed by atoms with Gasteiger partial charge >= 0.3 is 0 Å². The number of aryl methyl sites for hydroxylation is 1. The summed E-state index contributed by atoms with van der Waals surface area (Å²) in [6.07, 6.45) is -0.913. The van der Waals surface area contributed by atoms with Crippen molar-refractivity contribution >= 4 is 21.6 Å². The molecule has 0 aromatic heterocycles. The number of hydrogen-bond acceptors (Lipinski definition) is 4. The number of carbonyl (C=O) groups is 1. The van der Waals surface area contributed by atoms with E-state index >= 15 is 0 Å². The number of amides is 1. The van der Waals surface area contributed by atoms with E-state index in [0.29, 0.717) is 17.0 Å². The van der Waals surface area contributed by atoms with Gasteiger partial charge in [0.25, 0.3) is 5.91 Å². The van der Waals surface area contributed by atoms with Crippen molar-refractivity contribution in [2.45, 2.75) is 17.9 Å². The summed E-state index contributed by atoms with van der Waals surface area (Å²) in [6, 6.07) is 13.7. The summed E-state index contributed by atoms with van der Waals surface area (Å²) in [5, 5.41) is 2.70. The summed E-state index contributed by atoms with van der Waals surface area (Å²) in [7, 11) is -3.70. The number of benzene rings is 2. The van der Waals surface area contributed by atoms with E-state index in [4.69, 9.17) is 4.74 Å². The molecule has 1 heterocycles. The highest BCUT2D eigenvalue weighted by molar-refractivity contribution is 7.89. The SMILES string of the molecule is Cc1ccccc1S(=O)(=O)NCC1Oc2ccccc2NC1=O. The van der Waals surface area contributed by atoms with Gasteiger partial charge in [-0.05, 0) is 30.7 Å². The van der Waals surface area contributed by atoms with Gasteiger partial charge in [0, 0.05) is 0 Å². The molecule has 0 spiro atoms. The van der Waals surface area contributed by atoms with E-state index in [1.54, 1.807) is 49.4 Å². The van der Waals surface area contributed by atoms with Crippen LogP contribution in [0.25, 0.3) is 0 Å². The Kier molecular flexibility index (Phi) is 4.06. The Morgan fingerprint density at radius 3 is 2.61 bits per heavy atom. The van der Waals surface area contributed by atoms with Gasteiger partial charge in [-0.1, -0.05) is 30.3 Å². The van der Waals surface area contributed by atoms with Crippen molar-refractivity contribution in [3.05, 3.63) is 54.1 Å². The Morgan fingerprint density at radius 1 is 1.13 bits per heavy atom. The first kappa shape index (κ1) is 15.5. The summed E-state index contributed by atoms with van der Waals surface area (Å²) in [6.45, 7) is 1.57. The molecule has 120 valence electrons. The van der Waals surface area contributed by atoms with Gasteiger partial charge in [0.05, 0.1) is 17.1 Å². The van der Waals surface area contributed by atoms with Crippen LogP contribution < -0.4 is 14.8 Å². The predicted octanol–water partition coefficient (Wildman–Crippen LogP) is 1.67. The normalized spacial score (nSPS) is 17.1. The monoisotopic (exact) mass is 332 g/mol. The van der Waals surface area contributed by atoms with Crippen molar-refractivity contribution < 1.29 is 17.9 Å². The summed E-state index contributed by atoms with van der Waals surface area (Å²) in [5.41, 5.74) is 1.22. The summed E-state index contributed by atoms with van der Waals surface area (Å²) in [4.78, 5) is 12.2. The first-order valence-corrected chi connectivity index (χ1v) is 8.57. The molecule has 0 aliphatic carbocycles. The third-order valence-electron chi connectivity index (χ3n) is 3.55. The van der Waals surface area contributed by atoms with E-state index < -0.39 is 16.1 Å². The zero-order chi connectivity index (χ0) is 16.4. The van der Waals surface area contributed by atoms with Crippen molar-refractivity contribution in [3.63, 3.8) is 0 Å².